The normalized spacial score (nSPS) is 24.3. The summed E-state index contributed by atoms with van der Waals surface area (Å²) in [6.45, 7) is 0.567. The molecule has 2 rings (SSSR count). The van der Waals surface area contributed by atoms with Gasteiger partial charge >= 0.3 is 0 Å². The van der Waals surface area contributed by atoms with Crippen LogP contribution in [-0.2, 0) is 4.74 Å². The molecule has 1 aliphatic rings. The largest absolute Gasteiger partial charge is 0.489 e. The van der Waals surface area contributed by atoms with E-state index in [1.807, 2.05) is 0 Å². The van der Waals surface area contributed by atoms with Crippen molar-refractivity contribution in [2.75, 3.05) is 31.2 Å². The highest BCUT2D eigenvalue weighted by molar-refractivity contribution is 5.63. The molecule has 3 N–H and O–H groups in total. The van der Waals surface area contributed by atoms with Crippen molar-refractivity contribution in [3.05, 3.63) is 18.2 Å². The molecule has 1 aromatic carbocycles. The van der Waals surface area contributed by atoms with Crippen LogP contribution in [0.4, 0.5) is 11.4 Å². The summed E-state index contributed by atoms with van der Waals surface area (Å²) >= 11 is 0. The van der Waals surface area contributed by atoms with Crippen molar-refractivity contribution in [2.24, 2.45) is 0 Å². The van der Waals surface area contributed by atoms with Gasteiger partial charge in [0.1, 0.15) is 18.5 Å². The number of benzene rings is 1. The van der Waals surface area contributed by atoms with Gasteiger partial charge in [-0.3, -0.25) is 0 Å². The zero-order valence-electron chi connectivity index (χ0n) is 10.6. The molecule has 4 heteroatoms. The maximum absolute atomic E-state index is 7.04. The molecule has 1 unspecified atom stereocenters. The third-order valence-corrected chi connectivity index (χ3v) is 2.12. The van der Waals surface area contributed by atoms with E-state index in [4.69, 9.17) is 19.3 Å². The Bertz CT molecular complexity index is 409. The molecule has 0 aliphatic carbocycles. The third kappa shape index (κ3) is 1.75. The summed E-state index contributed by atoms with van der Waals surface area (Å²) in [4.78, 5) is 0. The summed E-state index contributed by atoms with van der Waals surface area (Å²) in [5.74, 6) is 0.649. The number of anilines is 2. The van der Waals surface area contributed by atoms with Crippen LogP contribution in [0.5, 0.6) is 5.75 Å². The second kappa shape index (κ2) is 3.75. The van der Waals surface area contributed by atoms with Gasteiger partial charge in [0.2, 0.25) is 0 Å². The van der Waals surface area contributed by atoms with Crippen LogP contribution in [0.15, 0.2) is 18.2 Å². The van der Waals surface area contributed by atoms with Gasteiger partial charge in [0.15, 0.2) is 0 Å². The van der Waals surface area contributed by atoms with Gasteiger partial charge in [-0.1, -0.05) is 0 Å². The molecular formula is C10H14N2O2. The zero-order chi connectivity index (χ0) is 12.5. The quantitative estimate of drug-likeness (QED) is 0.662. The standard InChI is InChI=1S/C10H14N2O2/c1-13-8-5-12-9-4-7(11)2-3-10(9)14-6-8/h2-4,8,12H,5-6,11H2,1H3/i1D3. The number of rotatable bonds is 1. The lowest BCUT2D eigenvalue weighted by Crippen LogP contribution is -2.25. The van der Waals surface area contributed by atoms with E-state index in [0.29, 0.717) is 18.0 Å². The average molecular weight is 197 g/mol. The summed E-state index contributed by atoms with van der Waals surface area (Å²) in [5, 5.41) is 3.06. The summed E-state index contributed by atoms with van der Waals surface area (Å²) in [7, 11) is -2.41. The minimum atomic E-state index is -2.41. The Morgan fingerprint density at radius 1 is 1.71 bits per heavy atom. The minimum absolute atomic E-state index is 0.197. The molecule has 0 bridgehead atoms. The first-order valence-corrected chi connectivity index (χ1v) is 4.38. The maximum Gasteiger partial charge on any atom is 0.142 e. The highest BCUT2D eigenvalue weighted by atomic mass is 16.5. The Balaban J connectivity index is 2.06. The lowest BCUT2D eigenvalue weighted by Gasteiger charge is -2.10. The summed E-state index contributed by atoms with van der Waals surface area (Å²) in [6.07, 6.45) is -0.517. The molecule has 4 nitrogen and oxygen atoms in total. The molecule has 0 spiro atoms. The second-order valence-electron chi connectivity index (χ2n) is 3.19. The minimum Gasteiger partial charge on any atom is -0.489 e. The lowest BCUT2D eigenvalue weighted by molar-refractivity contribution is 0.0709. The van der Waals surface area contributed by atoms with Crippen molar-refractivity contribution in [1.82, 2.24) is 0 Å². The zero-order valence-corrected chi connectivity index (χ0v) is 7.62. The van der Waals surface area contributed by atoms with Crippen LogP contribution < -0.4 is 15.8 Å². The van der Waals surface area contributed by atoms with Gasteiger partial charge in [-0.2, -0.15) is 0 Å². The Kier molecular flexibility index (Phi) is 1.65. The fraction of sp³-hybridized carbons (Fsp3) is 0.400. The Labute approximate surface area is 87.2 Å². The van der Waals surface area contributed by atoms with Gasteiger partial charge in [0, 0.05) is 19.3 Å². The molecule has 0 amide bonds. The van der Waals surface area contributed by atoms with E-state index in [2.05, 4.69) is 5.32 Å². The number of ether oxygens (including phenoxy) is 2. The van der Waals surface area contributed by atoms with E-state index in [0.717, 1.165) is 5.69 Å². The van der Waals surface area contributed by atoms with Crippen LogP contribution in [0.2, 0.25) is 0 Å². The molecular weight excluding hydrogens is 180 g/mol. The number of methoxy groups -OCH3 is 1. The number of hydrogen-bond donors (Lipinski definition) is 2. The van der Waals surface area contributed by atoms with E-state index in [9.17, 15) is 0 Å². The van der Waals surface area contributed by atoms with Gasteiger partial charge in [-0.25, -0.2) is 0 Å². The van der Waals surface area contributed by atoms with E-state index in [1.165, 1.54) is 0 Å². The highest BCUT2D eigenvalue weighted by Gasteiger charge is 2.15. The summed E-state index contributed by atoms with van der Waals surface area (Å²) in [5.41, 5.74) is 7.02. The molecule has 0 saturated heterocycles. The number of nitrogen functional groups attached to an aromatic ring is 1. The molecule has 1 atom stereocenters. The average Bonchev–Trinajstić information content (AvgIpc) is 2.39. The molecule has 0 fully saturated rings. The van der Waals surface area contributed by atoms with Crippen molar-refractivity contribution in [2.45, 2.75) is 6.10 Å². The number of nitrogens with two attached hydrogens (primary N) is 1. The van der Waals surface area contributed by atoms with Crippen molar-refractivity contribution < 1.29 is 13.6 Å². The summed E-state index contributed by atoms with van der Waals surface area (Å²) in [6, 6.07) is 5.22. The van der Waals surface area contributed by atoms with E-state index in [-0.39, 0.29) is 6.61 Å². The molecule has 1 aromatic rings. The van der Waals surface area contributed by atoms with Gasteiger partial charge in [0.25, 0.3) is 0 Å². The van der Waals surface area contributed by atoms with Crippen LogP contribution in [-0.4, -0.2) is 26.3 Å². The summed E-state index contributed by atoms with van der Waals surface area (Å²) < 4.78 is 31.5. The molecule has 0 saturated carbocycles. The number of fused-ring (bicyclic) bond motifs is 1. The van der Waals surface area contributed by atoms with Crippen LogP contribution in [0.1, 0.15) is 4.11 Å². The van der Waals surface area contributed by atoms with Crippen LogP contribution in [0.25, 0.3) is 0 Å². The van der Waals surface area contributed by atoms with Gasteiger partial charge in [-0.15, -0.1) is 0 Å². The van der Waals surface area contributed by atoms with E-state index in [1.54, 1.807) is 18.2 Å². The number of nitrogens with one attached hydrogen (secondary N) is 1. The lowest BCUT2D eigenvalue weighted by atomic mass is 10.2. The predicted molar refractivity (Wildman–Crippen MR) is 55.6 cm³/mol. The van der Waals surface area contributed by atoms with Gasteiger partial charge in [0.05, 0.1) is 9.80 Å². The molecule has 0 radical (unpaired) electrons. The van der Waals surface area contributed by atoms with Crippen molar-refractivity contribution >= 4 is 11.4 Å². The SMILES string of the molecule is [2H]C([2H])([2H])OC1CNc2cc(N)ccc2OC1. The van der Waals surface area contributed by atoms with Gasteiger partial charge < -0.3 is 20.5 Å². The van der Waals surface area contributed by atoms with Crippen molar-refractivity contribution in [1.29, 1.82) is 0 Å². The molecule has 0 aromatic heterocycles. The fourth-order valence-electron chi connectivity index (χ4n) is 1.35. The first-order valence-electron chi connectivity index (χ1n) is 5.88. The predicted octanol–water partition coefficient (Wildman–Crippen LogP) is 1.09. The monoisotopic (exact) mass is 197 g/mol. The van der Waals surface area contributed by atoms with Crippen LogP contribution in [0.3, 0.4) is 0 Å². The first-order chi connectivity index (χ1) is 7.94. The Hall–Kier alpha value is -1.42. The third-order valence-electron chi connectivity index (χ3n) is 2.12. The highest BCUT2D eigenvalue weighted by Crippen LogP contribution is 2.28. The number of hydrogen-bond acceptors (Lipinski definition) is 4. The Morgan fingerprint density at radius 2 is 2.64 bits per heavy atom. The van der Waals surface area contributed by atoms with Crippen LogP contribution in [0, 0.1) is 0 Å². The maximum atomic E-state index is 7.04. The van der Waals surface area contributed by atoms with E-state index < -0.39 is 13.1 Å². The van der Waals surface area contributed by atoms with Crippen molar-refractivity contribution in [3.8, 4) is 5.75 Å². The smallest absolute Gasteiger partial charge is 0.142 e. The van der Waals surface area contributed by atoms with E-state index >= 15 is 0 Å². The molecule has 1 aliphatic heterocycles. The van der Waals surface area contributed by atoms with Crippen LogP contribution >= 0.6 is 0 Å². The van der Waals surface area contributed by atoms with Gasteiger partial charge in [-0.05, 0) is 18.2 Å². The first kappa shape index (κ1) is 6.14. The fourth-order valence-corrected chi connectivity index (χ4v) is 1.35. The Morgan fingerprint density at radius 3 is 3.50 bits per heavy atom. The second-order valence-corrected chi connectivity index (χ2v) is 3.19. The van der Waals surface area contributed by atoms with Crippen molar-refractivity contribution in [3.63, 3.8) is 0 Å². The molecule has 14 heavy (non-hydrogen) atoms. The molecule has 76 valence electrons. The topological polar surface area (TPSA) is 56.5 Å². The molecule has 1 heterocycles.